The second kappa shape index (κ2) is 5.36. The van der Waals surface area contributed by atoms with Crippen LogP contribution in [0.2, 0.25) is 0 Å². The number of hydrogen-bond donors (Lipinski definition) is 1. The molecule has 0 spiro atoms. The van der Waals surface area contributed by atoms with E-state index in [-0.39, 0.29) is 12.1 Å². The third-order valence-corrected chi connectivity index (χ3v) is 3.36. The van der Waals surface area contributed by atoms with E-state index in [2.05, 4.69) is 15.6 Å². The summed E-state index contributed by atoms with van der Waals surface area (Å²) < 4.78 is 1.74. The normalized spacial score (nSPS) is 12.3. The molecular formula is C16H16N4O. The fourth-order valence-electron chi connectivity index (χ4n) is 2.30. The van der Waals surface area contributed by atoms with E-state index >= 15 is 0 Å². The number of carbonyl (C=O) groups excluding carboxylic acids is 1. The average molecular weight is 280 g/mol. The van der Waals surface area contributed by atoms with Gasteiger partial charge in [-0.2, -0.15) is 0 Å². The van der Waals surface area contributed by atoms with Crippen LogP contribution < -0.4 is 5.32 Å². The molecular weight excluding hydrogens is 264 g/mol. The minimum absolute atomic E-state index is 0.111. The number of para-hydroxylation sites is 1. The maximum absolute atomic E-state index is 11.6. The second-order valence-electron chi connectivity index (χ2n) is 5.04. The molecule has 5 heteroatoms. The Bertz CT molecular complexity index is 776. The molecule has 0 saturated heterocycles. The molecule has 5 nitrogen and oxygen atoms in total. The van der Waals surface area contributed by atoms with Gasteiger partial charge in [0, 0.05) is 6.92 Å². The van der Waals surface area contributed by atoms with E-state index in [0.717, 1.165) is 16.6 Å². The molecule has 3 aromatic rings. The van der Waals surface area contributed by atoms with Crippen molar-refractivity contribution in [2.45, 2.75) is 20.0 Å². The minimum atomic E-state index is -0.365. The lowest BCUT2D eigenvalue weighted by Gasteiger charge is -2.19. The van der Waals surface area contributed by atoms with E-state index in [1.54, 1.807) is 4.68 Å². The monoisotopic (exact) mass is 280 g/mol. The summed E-state index contributed by atoms with van der Waals surface area (Å²) in [6, 6.07) is 15.7. The first-order chi connectivity index (χ1) is 10.1. The van der Waals surface area contributed by atoms with Crippen LogP contribution in [0, 0.1) is 6.92 Å². The number of nitrogens with zero attached hydrogens (tertiary/aromatic N) is 3. The molecule has 1 atom stereocenters. The van der Waals surface area contributed by atoms with Gasteiger partial charge in [0.1, 0.15) is 5.52 Å². The van der Waals surface area contributed by atoms with E-state index in [0.29, 0.717) is 0 Å². The summed E-state index contributed by atoms with van der Waals surface area (Å²) in [5.41, 5.74) is 3.83. The molecule has 0 aliphatic heterocycles. The highest BCUT2D eigenvalue weighted by Gasteiger charge is 2.18. The number of hydrogen-bond acceptors (Lipinski definition) is 3. The van der Waals surface area contributed by atoms with Crippen LogP contribution >= 0.6 is 0 Å². The number of benzene rings is 2. The van der Waals surface area contributed by atoms with Crippen molar-refractivity contribution in [2.24, 2.45) is 0 Å². The third kappa shape index (κ3) is 2.63. The Morgan fingerprint density at radius 2 is 1.86 bits per heavy atom. The van der Waals surface area contributed by atoms with Crippen LogP contribution in [0.25, 0.3) is 11.0 Å². The van der Waals surface area contributed by atoms with Crippen molar-refractivity contribution in [3.05, 3.63) is 59.7 Å². The Morgan fingerprint density at radius 1 is 1.14 bits per heavy atom. The Morgan fingerprint density at radius 3 is 2.57 bits per heavy atom. The van der Waals surface area contributed by atoms with Crippen LogP contribution in [0.15, 0.2) is 48.5 Å². The summed E-state index contributed by atoms with van der Waals surface area (Å²) in [5, 5.41) is 11.3. The number of aromatic nitrogens is 3. The van der Waals surface area contributed by atoms with Gasteiger partial charge in [-0.1, -0.05) is 47.2 Å². The number of fused-ring (bicyclic) bond motifs is 1. The largest absolute Gasteiger partial charge is 0.331 e. The van der Waals surface area contributed by atoms with Crippen LogP contribution in [0.1, 0.15) is 24.2 Å². The van der Waals surface area contributed by atoms with Gasteiger partial charge >= 0.3 is 0 Å². The van der Waals surface area contributed by atoms with Gasteiger partial charge in [0.2, 0.25) is 5.91 Å². The summed E-state index contributed by atoms with van der Waals surface area (Å²) in [7, 11) is 0. The van der Waals surface area contributed by atoms with Crippen molar-refractivity contribution in [2.75, 3.05) is 0 Å². The molecule has 3 rings (SSSR count). The number of rotatable bonds is 3. The molecule has 1 unspecified atom stereocenters. The number of carbonyl (C=O) groups is 1. The minimum Gasteiger partial charge on any atom is -0.331 e. The van der Waals surface area contributed by atoms with Crippen molar-refractivity contribution < 1.29 is 4.79 Å². The summed E-state index contributed by atoms with van der Waals surface area (Å²) in [6.45, 7) is 3.53. The maximum atomic E-state index is 11.6. The molecule has 1 heterocycles. The van der Waals surface area contributed by atoms with Crippen molar-refractivity contribution in [1.29, 1.82) is 0 Å². The van der Waals surface area contributed by atoms with E-state index in [4.69, 9.17) is 0 Å². The average Bonchev–Trinajstić information content (AvgIpc) is 2.89. The van der Waals surface area contributed by atoms with E-state index < -0.39 is 0 Å². The molecule has 0 saturated carbocycles. The van der Waals surface area contributed by atoms with Gasteiger partial charge in [-0.3, -0.25) is 4.79 Å². The van der Waals surface area contributed by atoms with E-state index in [1.807, 2.05) is 55.5 Å². The van der Waals surface area contributed by atoms with Crippen molar-refractivity contribution in [1.82, 2.24) is 20.3 Å². The lowest BCUT2D eigenvalue weighted by Crippen LogP contribution is -2.32. The van der Waals surface area contributed by atoms with Gasteiger partial charge in [0.25, 0.3) is 0 Å². The quantitative estimate of drug-likeness (QED) is 0.801. The standard InChI is InChI=1S/C16H16N4O/c1-11-7-9-13(10-8-11)16(17-12(2)21)20-15-6-4-3-5-14(15)18-19-20/h3-10,16H,1-2H3,(H,17,21). The van der Waals surface area contributed by atoms with Crippen LogP contribution in [0.5, 0.6) is 0 Å². The van der Waals surface area contributed by atoms with Gasteiger partial charge in [-0.15, -0.1) is 5.10 Å². The van der Waals surface area contributed by atoms with Crippen molar-refractivity contribution >= 4 is 16.9 Å². The highest BCUT2D eigenvalue weighted by molar-refractivity contribution is 5.76. The third-order valence-electron chi connectivity index (χ3n) is 3.36. The lowest BCUT2D eigenvalue weighted by molar-refractivity contribution is -0.119. The predicted octanol–water partition coefficient (Wildman–Crippen LogP) is 2.42. The molecule has 0 aliphatic rings. The Hall–Kier alpha value is -2.69. The molecule has 0 radical (unpaired) electrons. The molecule has 0 fully saturated rings. The molecule has 0 aliphatic carbocycles. The zero-order valence-corrected chi connectivity index (χ0v) is 11.9. The van der Waals surface area contributed by atoms with Gasteiger partial charge < -0.3 is 5.32 Å². The molecule has 1 N–H and O–H groups in total. The number of nitrogens with one attached hydrogen (secondary N) is 1. The number of amides is 1. The molecule has 0 bridgehead atoms. The van der Waals surface area contributed by atoms with Gasteiger partial charge in [-0.05, 0) is 24.6 Å². The molecule has 106 valence electrons. The van der Waals surface area contributed by atoms with E-state index in [1.165, 1.54) is 12.5 Å². The first-order valence-electron chi connectivity index (χ1n) is 6.79. The topological polar surface area (TPSA) is 59.8 Å². The maximum Gasteiger partial charge on any atom is 0.218 e. The zero-order chi connectivity index (χ0) is 14.8. The Labute approximate surface area is 122 Å². The fraction of sp³-hybridized carbons (Fsp3) is 0.188. The van der Waals surface area contributed by atoms with Crippen molar-refractivity contribution in [3.8, 4) is 0 Å². The first kappa shape index (κ1) is 13.3. The summed E-state index contributed by atoms with van der Waals surface area (Å²) in [5.74, 6) is -0.111. The van der Waals surface area contributed by atoms with Crippen LogP contribution in [0.3, 0.4) is 0 Å². The van der Waals surface area contributed by atoms with Crippen molar-refractivity contribution in [3.63, 3.8) is 0 Å². The summed E-state index contributed by atoms with van der Waals surface area (Å²) >= 11 is 0. The molecule has 21 heavy (non-hydrogen) atoms. The lowest BCUT2D eigenvalue weighted by atomic mass is 10.1. The summed E-state index contributed by atoms with van der Waals surface area (Å²) in [4.78, 5) is 11.6. The van der Waals surface area contributed by atoms with Gasteiger partial charge in [-0.25, -0.2) is 4.68 Å². The highest BCUT2D eigenvalue weighted by Crippen LogP contribution is 2.20. The second-order valence-corrected chi connectivity index (χ2v) is 5.04. The summed E-state index contributed by atoms with van der Waals surface area (Å²) in [6.07, 6.45) is -0.365. The molecule has 2 aromatic carbocycles. The van der Waals surface area contributed by atoms with Crippen LogP contribution in [-0.2, 0) is 4.79 Å². The number of aryl methyl sites for hydroxylation is 1. The Kier molecular flexibility index (Phi) is 3.39. The van der Waals surface area contributed by atoms with E-state index in [9.17, 15) is 4.79 Å². The van der Waals surface area contributed by atoms with Gasteiger partial charge in [0.05, 0.1) is 5.52 Å². The smallest absolute Gasteiger partial charge is 0.218 e. The molecule has 1 aromatic heterocycles. The SMILES string of the molecule is CC(=O)NC(c1ccc(C)cc1)n1nnc2ccccc21. The Balaban J connectivity index is 2.11. The molecule has 1 amide bonds. The zero-order valence-electron chi connectivity index (χ0n) is 11.9. The van der Waals surface area contributed by atoms with Crippen LogP contribution in [-0.4, -0.2) is 20.9 Å². The van der Waals surface area contributed by atoms with Gasteiger partial charge in [0.15, 0.2) is 6.17 Å². The van der Waals surface area contributed by atoms with Crippen LogP contribution in [0.4, 0.5) is 0 Å². The highest BCUT2D eigenvalue weighted by atomic mass is 16.1. The first-order valence-corrected chi connectivity index (χ1v) is 6.79. The fourth-order valence-corrected chi connectivity index (χ4v) is 2.30. The predicted molar refractivity (Wildman–Crippen MR) is 80.7 cm³/mol.